The van der Waals surface area contributed by atoms with Gasteiger partial charge >= 0.3 is 5.97 Å². The second-order valence-corrected chi connectivity index (χ2v) is 6.05. The molecule has 0 saturated carbocycles. The number of benzene rings is 1. The number of carbonyl (C=O) groups excluding carboxylic acids is 2. The first-order valence-electron chi connectivity index (χ1n) is 7.25. The topological polar surface area (TPSA) is 71.2 Å². The van der Waals surface area contributed by atoms with Crippen LogP contribution in [0, 0.1) is 5.82 Å². The van der Waals surface area contributed by atoms with Crippen molar-refractivity contribution in [2.24, 2.45) is 0 Å². The van der Waals surface area contributed by atoms with Crippen molar-refractivity contribution in [2.75, 3.05) is 7.11 Å². The standard InChI is InChI=1S/C17H15FN2O3S/c1-23-17(22)15(20-16(21)10-4-5-24-9-10)6-11-8-19-14-7-12(18)2-3-13(11)14/h2-5,7-9,15,19H,6H2,1H3,(H,20,21). The molecule has 1 amide bonds. The summed E-state index contributed by atoms with van der Waals surface area (Å²) in [6.07, 6.45) is 1.95. The molecule has 3 aromatic rings. The van der Waals surface area contributed by atoms with Crippen molar-refractivity contribution in [1.29, 1.82) is 0 Å². The van der Waals surface area contributed by atoms with E-state index in [0.717, 1.165) is 10.9 Å². The second-order valence-electron chi connectivity index (χ2n) is 5.27. The molecule has 0 aliphatic rings. The van der Waals surface area contributed by atoms with Gasteiger partial charge in [0, 0.05) is 28.9 Å². The van der Waals surface area contributed by atoms with Crippen LogP contribution in [0.1, 0.15) is 15.9 Å². The van der Waals surface area contributed by atoms with Gasteiger partial charge in [-0.25, -0.2) is 9.18 Å². The van der Waals surface area contributed by atoms with Crippen LogP contribution in [0.3, 0.4) is 0 Å². The highest BCUT2D eigenvalue weighted by atomic mass is 32.1. The Balaban J connectivity index is 1.83. The number of methoxy groups -OCH3 is 1. The summed E-state index contributed by atoms with van der Waals surface area (Å²) in [6, 6.07) is 5.24. The van der Waals surface area contributed by atoms with Crippen LogP contribution in [0.4, 0.5) is 4.39 Å². The fraction of sp³-hybridized carbons (Fsp3) is 0.176. The lowest BCUT2D eigenvalue weighted by atomic mass is 10.0. The Kier molecular flexibility index (Phi) is 4.61. The summed E-state index contributed by atoms with van der Waals surface area (Å²) in [4.78, 5) is 27.2. The molecule has 1 unspecified atom stereocenters. The Hall–Kier alpha value is -2.67. The summed E-state index contributed by atoms with van der Waals surface area (Å²) in [6.45, 7) is 0. The van der Waals surface area contributed by atoms with Crippen LogP contribution in [0.5, 0.6) is 0 Å². The van der Waals surface area contributed by atoms with Crippen LogP contribution in [-0.4, -0.2) is 30.0 Å². The molecule has 0 fully saturated rings. The Bertz CT molecular complexity index is 873. The number of ether oxygens (including phenoxy) is 1. The summed E-state index contributed by atoms with van der Waals surface area (Å²) < 4.78 is 18.1. The van der Waals surface area contributed by atoms with Crippen LogP contribution in [0.15, 0.2) is 41.2 Å². The number of carbonyl (C=O) groups is 2. The molecule has 0 aliphatic carbocycles. The summed E-state index contributed by atoms with van der Waals surface area (Å²) in [5.41, 5.74) is 1.93. The van der Waals surface area contributed by atoms with Gasteiger partial charge in [-0.05, 0) is 35.2 Å². The maximum atomic E-state index is 13.3. The number of halogens is 1. The first-order valence-corrected chi connectivity index (χ1v) is 8.19. The Morgan fingerprint density at radius 3 is 2.92 bits per heavy atom. The molecule has 2 heterocycles. The molecule has 5 nitrogen and oxygen atoms in total. The predicted octanol–water partition coefficient (Wildman–Crippen LogP) is 2.88. The van der Waals surface area contributed by atoms with E-state index in [2.05, 4.69) is 10.3 Å². The third-order valence-electron chi connectivity index (χ3n) is 3.73. The molecular weight excluding hydrogens is 331 g/mol. The molecule has 1 aromatic carbocycles. The van der Waals surface area contributed by atoms with E-state index < -0.39 is 12.0 Å². The average molecular weight is 346 g/mol. The van der Waals surface area contributed by atoms with Crippen molar-refractivity contribution < 1.29 is 18.7 Å². The smallest absolute Gasteiger partial charge is 0.328 e. The highest BCUT2D eigenvalue weighted by Crippen LogP contribution is 2.21. The van der Waals surface area contributed by atoms with E-state index in [1.54, 1.807) is 29.1 Å². The fourth-order valence-corrected chi connectivity index (χ4v) is 3.15. The van der Waals surface area contributed by atoms with Gasteiger partial charge in [-0.3, -0.25) is 4.79 Å². The zero-order valence-electron chi connectivity index (χ0n) is 12.8. The zero-order chi connectivity index (χ0) is 17.1. The van der Waals surface area contributed by atoms with E-state index in [-0.39, 0.29) is 18.1 Å². The Labute approximate surface area is 141 Å². The van der Waals surface area contributed by atoms with Crippen molar-refractivity contribution in [2.45, 2.75) is 12.5 Å². The largest absolute Gasteiger partial charge is 0.467 e. The van der Waals surface area contributed by atoms with E-state index in [9.17, 15) is 14.0 Å². The summed E-state index contributed by atoms with van der Waals surface area (Å²) in [5, 5.41) is 6.99. The summed E-state index contributed by atoms with van der Waals surface area (Å²) in [5.74, 6) is -1.21. The molecule has 0 bridgehead atoms. The SMILES string of the molecule is COC(=O)C(Cc1c[nH]c2cc(F)ccc12)NC(=O)c1ccsc1. The highest BCUT2D eigenvalue weighted by molar-refractivity contribution is 7.08. The maximum Gasteiger partial charge on any atom is 0.328 e. The third-order valence-corrected chi connectivity index (χ3v) is 4.41. The van der Waals surface area contributed by atoms with Crippen LogP contribution in [-0.2, 0) is 16.0 Å². The molecule has 1 atom stereocenters. The number of hydrogen-bond acceptors (Lipinski definition) is 4. The lowest BCUT2D eigenvalue weighted by Gasteiger charge is -2.16. The van der Waals surface area contributed by atoms with E-state index in [1.807, 2.05) is 0 Å². The quantitative estimate of drug-likeness (QED) is 0.698. The van der Waals surface area contributed by atoms with Crippen molar-refractivity contribution in [3.05, 3.63) is 58.2 Å². The van der Waals surface area contributed by atoms with Gasteiger partial charge in [0.05, 0.1) is 12.7 Å². The monoisotopic (exact) mass is 346 g/mol. The molecule has 0 saturated heterocycles. The minimum atomic E-state index is -0.827. The number of nitrogens with one attached hydrogen (secondary N) is 2. The molecule has 0 radical (unpaired) electrons. The number of rotatable bonds is 5. The molecule has 7 heteroatoms. The zero-order valence-corrected chi connectivity index (χ0v) is 13.7. The van der Waals surface area contributed by atoms with Gasteiger partial charge in [-0.2, -0.15) is 11.3 Å². The number of H-pyrrole nitrogens is 1. The number of esters is 1. The number of fused-ring (bicyclic) bond motifs is 1. The highest BCUT2D eigenvalue weighted by Gasteiger charge is 2.24. The van der Waals surface area contributed by atoms with Crippen LogP contribution in [0.2, 0.25) is 0 Å². The predicted molar refractivity (Wildman–Crippen MR) is 89.5 cm³/mol. The molecule has 2 aromatic heterocycles. The molecule has 24 heavy (non-hydrogen) atoms. The summed E-state index contributed by atoms with van der Waals surface area (Å²) in [7, 11) is 1.27. The van der Waals surface area contributed by atoms with Crippen molar-refractivity contribution in [3.8, 4) is 0 Å². The van der Waals surface area contributed by atoms with Crippen molar-refractivity contribution >= 4 is 34.1 Å². The second kappa shape index (κ2) is 6.84. The molecule has 3 rings (SSSR count). The van der Waals surface area contributed by atoms with Crippen LogP contribution in [0.25, 0.3) is 10.9 Å². The fourth-order valence-electron chi connectivity index (χ4n) is 2.52. The molecular formula is C17H15FN2O3S. The van der Waals surface area contributed by atoms with Gasteiger partial charge in [0.1, 0.15) is 11.9 Å². The van der Waals surface area contributed by atoms with Gasteiger partial charge in [-0.15, -0.1) is 0 Å². The van der Waals surface area contributed by atoms with Crippen LogP contribution >= 0.6 is 11.3 Å². The molecule has 2 N–H and O–H groups in total. The minimum absolute atomic E-state index is 0.244. The lowest BCUT2D eigenvalue weighted by molar-refractivity contribution is -0.142. The lowest BCUT2D eigenvalue weighted by Crippen LogP contribution is -2.42. The van der Waals surface area contributed by atoms with E-state index in [0.29, 0.717) is 11.1 Å². The number of aromatic nitrogens is 1. The average Bonchev–Trinajstić information content (AvgIpc) is 3.23. The number of amides is 1. The van der Waals surface area contributed by atoms with Crippen molar-refractivity contribution in [1.82, 2.24) is 10.3 Å². The van der Waals surface area contributed by atoms with E-state index in [1.165, 1.54) is 30.6 Å². The maximum absolute atomic E-state index is 13.3. The van der Waals surface area contributed by atoms with Crippen molar-refractivity contribution in [3.63, 3.8) is 0 Å². The summed E-state index contributed by atoms with van der Waals surface area (Å²) >= 11 is 1.40. The normalized spacial score (nSPS) is 12.1. The molecule has 0 aliphatic heterocycles. The van der Waals surface area contributed by atoms with Gasteiger partial charge in [-0.1, -0.05) is 0 Å². The first kappa shape index (κ1) is 16.2. The van der Waals surface area contributed by atoms with Gasteiger partial charge in [0.2, 0.25) is 0 Å². The molecule has 124 valence electrons. The van der Waals surface area contributed by atoms with E-state index >= 15 is 0 Å². The third kappa shape index (κ3) is 3.30. The Morgan fingerprint density at radius 1 is 1.38 bits per heavy atom. The Morgan fingerprint density at radius 2 is 2.21 bits per heavy atom. The molecule has 0 spiro atoms. The number of aromatic amines is 1. The van der Waals surface area contributed by atoms with Gasteiger partial charge in [0.25, 0.3) is 5.91 Å². The van der Waals surface area contributed by atoms with E-state index in [4.69, 9.17) is 4.74 Å². The van der Waals surface area contributed by atoms with Gasteiger partial charge in [0.15, 0.2) is 0 Å². The number of hydrogen-bond donors (Lipinski definition) is 2. The van der Waals surface area contributed by atoms with Crippen LogP contribution < -0.4 is 5.32 Å². The minimum Gasteiger partial charge on any atom is -0.467 e. The first-order chi connectivity index (χ1) is 11.6. The number of thiophene rings is 1. The van der Waals surface area contributed by atoms with Gasteiger partial charge < -0.3 is 15.0 Å².